The summed E-state index contributed by atoms with van der Waals surface area (Å²) in [5.41, 5.74) is 0.644. The number of aromatic nitrogens is 1. The SMILES string of the molecule is CC(Oc1ccc(Br)cc1)C(=O)Nc1nc2ccc(SC(F)F)cc2s1. The van der Waals surface area contributed by atoms with E-state index in [1.807, 2.05) is 12.1 Å². The van der Waals surface area contributed by atoms with Crippen LogP contribution < -0.4 is 10.1 Å². The first-order chi connectivity index (χ1) is 12.4. The molecule has 1 aromatic heterocycles. The van der Waals surface area contributed by atoms with Crippen molar-refractivity contribution in [1.29, 1.82) is 0 Å². The lowest BCUT2D eigenvalue weighted by molar-refractivity contribution is -0.122. The van der Waals surface area contributed by atoms with Crippen LogP contribution in [-0.2, 0) is 4.79 Å². The first kappa shape index (κ1) is 19.1. The highest BCUT2D eigenvalue weighted by molar-refractivity contribution is 9.10. The van der Waals surface area contributed by atoms with Gasteiger partial charge in [0.1, 0.15) is 5.75 Å². The van der Waals surface area contributed by atoms with Crippen molar-refractivity contribution >= 4 is 60.3 Å². The first-order valence-electron chi connectivity index (χ1n) is 7.49. The minimum atomic E-state index is -2.48. The molecule has 0 fully saturated rings. The Morgan fingerprint density at radius 3 is 2.69 bits per heavy atom. The summed E-state index contributed by atoms with van der Waals surface area (Å²) in [4.78, 5) is 17.1. The van der Waals surface area contributed by atoms with Gasteiger partial charge in [-0.15, -0.1) is 0 Å². The van der Waals surface area contributed by atoms with E-state index in [1.54, 1.807) is 37.3 Å². The predicted molar refractivity (Wildman–Crippen MR) is 104 cm³/mol. The van der Waals surface area contributed by atoms with Gasteiger partial charge in [0.2, 0.25) is 0 Å². The fourth-order valence-corrected chi connectivity index (χ4v) is 3.90. The summed E-state index contributed by atoms with van der Waals surface area (Å²) in [5.74, 6) is -2.24. The molecule has 1 amide bonds. The van der Waals surface area contributed by atoms with Gasteiger partial charge in [-0.2, -0.15) is 8.78 Å². The predicted octanol–water partition coefficient (Wildman–Crippen LogP) is 5.78. The Morgan fingerprint density at radius 2 is 2.00 bits per heavy atom. The second kappa shape index (κ2) is 8.32. The molecule has 26 heavy (non-hydrogen) atoms. The van der Waals surface area contributed by atoms with E-state index < -0.39 is 11.9 Å². The van der Waals surface area contributed by atoms with Crippen LogP contribution in [0.1, 0.15) is 6.92 Å². The second-order valence-corrected chi connectivity index (χ2v) is 8.24. The lowest BCUT2D eigenvalue weighted by Crippen LogP contribution is -2.30. The van der Waals surface area contributed by atoms with Gasteiger partial charge in [0, 0.05) is 9.37 Å². The van der Waals surface area contributed by atoms with Crippen molar-refractivity contribution < 1.29 is 18.3 Å². The third-order valence-electron chi connectivity index (χ3n) is 3.31. The fraction of sp³-hybridized carbons (Fsp3) is 0.176. The van der Waals surface area contributed by atoms with Gasteiger partial charge < -0.3 is 4.74 Å². The number of rotatable bonds is 6. The van der Waals surface area contributed by atoms with Gasteiger partial charge in [0.25, 0.3) is 11.7 Å². The van der Waals surface area contributed by atoms with E-state index in [9.17, 15) is 13.6 Å². The summed E-state index contributed by atoms with van der Waals surface area (Å²) < 4.78 is 32.2. The molecule has 3 aromatic rings. The number of ether oxygens (including phenoxy) is 1. The Morgan fingerprint density at radius 1 is 1.27 bits per heavy atom. The van der Waals surface area contributed by atoms with Gasteiger partial charge in [-0.3, -0.25) is 10.1 Å². The Bertz CT molecular complexity index is 919. The van der Waals surface area contributed by atoms with Gasteiger partial charge in [-0.05, 0) is 49.4 Å². The molecule has 2 aromatic carbocycles. The third kappa shape index (κ3) is 4.93. The van der Waals surface area contributed by atoms with Crippen molar-refractivity contribution in [2.75, 3.05) is 5.32 Å². The van der Waals surface area contributed by atoms with Crippen LogP contribution in [0.15, 0.2) is 51.8 Å². The lowest BCUT2D eigenvalue weighted by Gasteiger charge is -2.13. The van der Waals surface area contributed by atoms with Crippen LogP contribution in [0.3, 0.4) is 0 Å². The zero-order chi connectivity index (χ0) is 18.7. The van der Waals surface area contributed by atoms with Crippen LogP contribution in [0, 0.1) is 0 Å². The number of anilines is 1. The minimum absolute atomic E-state index is 0.339. The summed E-state index contributed by atoms with van der Waals surface area (Å²) in [5, 5.41) is 3.10. The molecular formula is C17H13BrF2N2O2S2. The number of nitrogens with zero attached hydrogens (tertiary/aromatic N) is 1. The summed E-state index contributed by atoms with van der Waals surface area (Å²) in [7, 11) is 0. The minimum Gasteiger partial charge on any atom is -0.481 e. The first-order valence-corrected chi connectivity index (χ1v) is 9.98. The number of thioether (sulfide) groups is 1. The number of halogens is 3. The lowest BCUT2D eigenvalue weighted by atomic mass is 10.3. The third-order valence-corrected chi connectivity index (χ3v) is 5.48. The quantitative estimate of drug-likeness (QED) is 0.475. The Balaban J connectivity index is 1.67. The van der Waals surface area contributed by atoms with Crippen molar-refractivity contribution in [1.82, 2.24) is 4.98 Å². The Labute approximate surface area is 165 Å². The van der Waals surface area contributed by atoms with E-state index in [4.69, 9.17) is 4.74 Å². The number of fused-ring (bicyclic) bond motifs is 1. The highest BCUT2D eigenvalue weighted by Crippen LogP contribution is 2.32. The summed E-state index contributed by atoms with van der Waals surface area (Å²) >= 11 is 5.04. The summed E-state index contributed by atoms with van der Waals surface area (Å²) in [6, 6.07) is 12.0. The summed E-state index contributed by atoms with van der Waals surface area (Å²) in [6.07, 6.45) is -0.715. The van der Waals surface area contributed by atoms with Gasteiger partial charge >= 0.3 is 0 Å². The number of hydrogen-bond acceptors (Lipinski definition) is 5. The molecule has 0 radical (unpaired) electrons. The molecule has 0 aliphatic rings. The molecule has 0 aliphatic carbocycles. The highest BCUT2D eigenvalue weighted by Gasteiger charge is 2.17. The molecule has 1 atom stereocenters. The summed E-state index contributed by atoms with van der Waals surface area (Å²) in [6.45, 7) is 1.64. The average Bonchev–Trinajstić information content (AvgIpc) is 2.97. The van der Waals surface area contributed by atoms with Crippen LogP contribution in [0.2, 0.25) is 0 Å². The van der Waals surface area contributed by atoms with Crippen molar-refractivity contribution in [3.05, 3.63) is 46.9 Å². The number of nitrogens with one attached hydrogen (secondary N) is 1. The maximum absolute atomic E-state index is 12.5. The van der Waals surface area contributed by atoms with Crippen LogP contribution in [0.25, 0.3) is 10.2 Å². The van der Waals surface area contributed by atoms with Crippen LogP contribution >= 0.6 is 39.0 Å². The molecule has 0 bridgehead atoms. The maximum Gasteiger partial charge on any atom is 0.288 e. The van der Waals surface area contributed by atoms with Gasteiger partial charge in [-0.1, -0.05) is 39.0 Å². The van der Waals surface area contributed by atoms with Crippen LogP contribution in [-0.4, -0.2) is 22.8 Å². The van der Waals surface area contributed by atoms with E-state index in [0.29, 0.717) is 33.1 Å². The number of amides is 1. The van der Waals surface area contributed by atoms with Crippen LogP contribution in [0.4, 0.5) is 13.9 Å². The van der Waals surface area contributed by atoms with Crippen LogP contribution in [0.5, 0.6) is 5.75 Å². The van der Waals surface area contributed by atoms with Crippen molar-refractivity contribution in [2.45, 2.75) is 23.7 Å². The maximum atomic E-state index is 12.5. The molecule has 0 saturated heterocycles. The van der Waals surface area contributed by atoms with E-state index in [2.05, 4.69) is 26.2 Å². The largest absolute Gasteiger partial charge is 0.481 e. The average molecular weight is 459 g/mol. The van der Waals surface area contributed by atoms with E-state index in [1.165, 1.54) is 11.3 Å². The molecule has 0 spiro atoms. The number of alkyl halides is 2. The van der Waals surface area contributed by atoms with Gasteiger partial charge in [-0.25, -0.2) is 4.98 Å². The van der Waals surface area contributed by atoms with Gasteiger partial charge in [0.05, 0.1) is 10.2 Å². The standard InChI is InChI=1S/C17H13BrF2N2O2S2/c1-9(24-11-4-2-10(18)3-5-11)15(23)22-17-21-13-7-6-12(25-16(19)20)8-14(13)26-17/h2-9,16H,1H3,(H,21,22,23). The van der Waals surface area contributed by atoms with E-state index in [0.717, 1.165) is 9.17 Å². The Kier molecular flexibility index (Phi) is 6.10. The van der Waals surface area contributed by atoms with Crippen molar-refractivity contribution in [3.8, 4) is 5.75 Å². The molecule has 136 valence electrons. The molecule has 4 nitrogen and oxygen atoms in total. The van der Waals surface area contributed by atoms with Crippen molar-refractivity contribution in [2.24, 2.45) is 0 Å². The number of hydrogen-bond donors (Lipinski definition) is 1. The topological polar surface area (TPSA) is 51.2 Å². The molecule has 9 heteroatoms. The molecule has 1 heterocycles. The number of thiazole rings is 1. The smallest absolute Gasteiger partial charge is 0.288 e. The monoisotopic (exact) mass is 458 g/mol. The molecule has 1 unspecified atom stereocenters. The fourth-order valence-electron chi connectivity index (χ4n) is 2.11. The molecule has 0 saturated carbocycles. The molecule has 0 aliphatic heterocycles. The normalized spacial score (nSPS) is 12.3. The van der Waals surface area contributed by atoms with E-state index in [-0.39, 0.29) is 5.91 Å². The van der Waals surface area contributed by atoms with Crippen molar-refractivity contribution in [3.63, 3.8) is 0 Å². The number of benzene rings is 2. The number of carbonyl (C=O) groups excluding carboxylic acids is 1. The zero-order valence-corrected chi connectivity index (χ0v) is 16.6. The number of carbonyl (C=O) groups is 1. The molecule has 3 rings (SSSR count). The molecular weight excluding hydrogens is 446 g/mol. The molecule has 1 N–H and O–H groups in total. The van der Waals surface area contributed by atoms with Gasteiger partial charge in [0.15, 0.2) is 11.2 Å². The Hall–Kier alpha value is -1.71. The highest BCUT2D eigenvalue weighted by atomic mass is 79.9. The van der Waals surface area contributed by atoms with E-state index >= 15 is 0 Å². The zero-order valence-electron chi connectivity index (χ0n) is 13.4. The second-order valence-electron chi connectivity index (χ2n) is 5.23.